The molecule has 5 rings (SSSR count). The van der Waals surface area contributed by atoms with Gasteiger partial charge in [0.1, 0.15) is 23.9 Å². The van der Waals surface area contributed by atoms with Gasteiger partial charge in [-0.15, -0.1) is 0 Å². The number of nitrogens with zero attached hydrogens (tertiary/aromatic N) is 1. The number of aliphatic hydroxyl groups is 1. The van der Waals surface area contributed by atoms with E-state index >= 15 is 0 Å². The molecule has 0 aliphatic carbocycles. The van der Waals surface area contributed by atoms with Crippen molar-refractivity contribution in [1.29, 1.82) is 0 Å². The summed E-state index contributed by atoms with van der Waals surface area (Å²) in [6, 6.07) is 8.95. The van der Waals surface area contributed by atoms with Gasteiger partial charge in [0.25, 0.3) is 5.91 Å². The minimum absolute atomic E-state index is 0.0626. The van der Waals surface area contributed by atoms with E-state index in [9.17, 15) is 31.7 Å². The number of rotatable bonds is 8. The summed E-state index contributed by atoms with van der Waals surface area (Å²) in [5.41, 5.74) is -3.88. The molecule has 3 atom stereocenters. The minimum Gasteiger partial charge on any atom is -0.495 e. The molecule has 4 N–H and O–H groups in total. The predicted octanol–water partition coefficient (Wildman–Crippen LogP) is 5.09. The molecule has 0 bridgehead atoms. The second-order valence-corrected chi connectivity index (χ2v) is 14.6. The largest absolute Gasteiger partial charge is 0.495 e. The van der Waals surface area contributed by atoms with Gasteiger partial charge in [0.2, 0.25) is 5.60 Å². The highest BCUT2D eigenvalue weighted by molar-refractivity contribution is 7.84. The number of anilines is 1. The molecule has 248 valence electrons. The molecule has 2 aliphatic heterocycles. The molecule has 46 heavy (non-hydrogen) atoms. The van der Waals surface area contributed by atoms with Gasteiger partial charge < -0.3 is 25.2 Å². The molecule has 2 unspecified atom stereocenters. The highest BCUT2D eigenvalue weighted by atomic mass is 32.2. The number of halogens is 4. The van der Waals surface area contributed by atoms with Crippen LogP contribution >= 0.6 is 0 Å². The maximum absolute atomic E-state index is 14.9. The highest BCUT2D eigenvalue weighted by Crippen LogP contribution is 2.47. The first kappa shape index (κ1) is 33.6. The Morgan fingerprint density at radius 1 is 1.17 bits per heavy atom. The van der Waals surface area contributed by atoms with E-state index in [1.165, 1.54) is 25.3 Å². The molecule has 2 aliphatic rings. The zero-order valence-electron chi connectivity index (χ0n) is 26.0. The van der Waals surface area contributed by atoms with E-state index in [4.69, 9.17) is 9.47 Å². The molecule has 0 saturated heterocycles. The van der Waals surface area contributed by atoms with Gasteiger partial charge >= 0.3 is 6.18 Å². The zero-order valence-corrected chi connectivity index (χ0v) is 26.8. The number of carbonyl (C=O) groups is 1. The summed E-state index contributed by atoms with van der Waals surface area (Å²) < 4.78 is 85.1. The van der Waals surface area contributed by atoms with E-state index in [-0.39, 0.29) is 34.7 Å². The van der Waals surface area contributed by atoms with Crippen LogP contribution in [0.4, 0.5) is 23.2 Å². The third-order valence-corrected chi connectivity index (χ3v) is 9.80. The van der Waals surface area contributed by atoms with Crippen LogP contribution in [-0.2, 0) is 28.5 Å². The number of hydrogen-bond acceptors (Lipinski definition) is 7. The first-order valence-electron chi connectivity index (χ1n) is 14.6. The normalized spacial score (nSPS) is 19.6. The molecular weight excluding hydrogens is 628 g/mol. The molecule has 2 aromatic carbocycles. The van der Waals surface area contributed by atoms with E-state index in [0.717, 1.165) is 35.9 Å². The first-order valence-corrected chi connectivity index (χ1v) is 15.8. The Bertz CT molecular complexity index is 1660. The number of aromatic nitrogens is 1. The number of fused-ring (bicyclic) bond motifs is 2. The lowest BCUT2D eigenvalue weighted by Gasteiger charge is -2.32. The minimum atomic E-state index is -5.31. The number of hydrogen-bond donors (Lipinski definition) is 4. The van der Waals surface area contributed by atoms with E-state index in [1.807, 2.05) is 0 Å². The number of nitrogens with one attached hydrogen (secondary N) is 3. The monoisotopic (exact) mass is 664 g/mol. The lowest BCUT2D eigenvalue weighted by Crippen LogP contribution is -2.52. The summed E-state index contributed by atoms with van der Waals surface area (Å²) in [5.74, 6) is -0.963. The summed E-state index contributed by atoms with van der Waals surface area (Å²) in [4.78, 5) is 17.5. The van der Waals surface area contributed by atoms with E-state index < -0.39 is 57.0 Å². The zero-order chi connectivity index (χ0) is 33.7. The van der Waals surface area contributed by atoms with Crippen LogP contribution < -0.4 is 24.8 Å². The van der Waals surface area contributed by atoms with E-state index in [0.29, 0.717) is 18.7 Å². The summed E-state index contributed by atoms with van der Waals surface area (Å²) >= 11 is 0. The average molecular weight is 665 g/mol. The van der Waals surface area contributed by atoms with Crippen LogP contribution in [-0.4, -0.2) is 57.9 Å². The van der Waals surface area contributed by atoms with Crippen molar-refractivity contribution in [3.8, 4) is 22.8 Å². The molecule has 0 saturated carbocycles. The van der Waals surface area contributed by atoms with Crippen LogP contribution in [0.5, 0.6) is 11.5 Å². The molecule has 9 nitrogen and oxygen atoms in total. The molecule has 3 aromatic rings. The van der Waals surface area contributed by atoms with Crippen molar-refractivity contribution in [3.05, 3.63) is 70.7 Å². The van der Waals surface area contributed by atoms with E-state index in [2.05, 4.69) is 20.3 Å². The molecule has 0 radical (unpaired) electrons. The number of pyridine rings is 1. The highest BCUT2D eigenvalue weighted by Gasteiger charge is 2.57. The smallest absolute Gasteiger partial charge is 0.424 e. The van der Waals surface area contributed by atoms with Crippen molar-refractivity contribution in [2.45, 2.75) is 62.6 Å². The fraction of sp³-hybridized carbons (Fsp3) is 0.438. The van der Waals surface area contributed by atoms with E-state index in [1.54, 1.807) is 33.8 Å². The van der Waals surface area contributed by atoms with Crippen molar-refractivity contribution >= 4 is 22.6 Å². The lowest BCUT2D eigenvalue weighted by molar-refractivity contribution is -0.265. The van der Waals surface area contributed by atoms with Crippen LogP contribution in [0.3, 0.4) is 0 Å². The molecular formula is C32H36F4N4O5S. The van der Waals surface area contributed by atoms with Gasteiger partial charge in [0.05, 0.1) is 46.3 Å². The van der Waals surface area contributed by atoms with Crippen molar-refractivity contribution < 1.29 is 41.1 Å². The van der Waals surface area contributed by atoms with Crippen LogP contribution in [0.2, 0.25) is 0 Å². The van der Waals surface area contributed by atoms with Crippen molar-refractivity contribution in [2.24, 2.45) is 0 Å². The molecule has 3 heterocycles. The molecule has 14 heteroatoms. The average Bonchev–Trinajstić information content (AvgIpc) is 3.33. The fourth-order valence-electron chi connectivity index (χ4n) is 5.34. The number of amides is 1. The van der Waals surface area contributed by atoms with Gasteiger partial charge in [-0.3, -0.25) is 4.79 Å². The Morgan fingerprint density at radius 2 is 1.87 bits per heavy atom. The number of carbonyl (C=O) groups excluding carboxylic acids is 1. The summed E-state index contributed by atoms with van der Waals surface area (Å²) in [6.07, 6.45) is -3.86. The standard InChI is InChI=1S/C32H36F4N4O5S/c1-29(2,3)46(43)40-30(4)17-45-27-22(30)15-24(39-26(27)18-8-10-21(33)11-9-18)31(42,32(34,35)36)16-38-28(41)20-13-19-7-6-12-37-25(19)23(14-20)44-5/h8-11,13-15,37,40,42H,6-7,12,16-17H2,1-5H3,(H,38,41)/t30-,31?,46?/m1/s1. The Hall–Kier alpha value is -3.75. The second kappa shape index (κ2) is 12.1. The summed E-state index contributed by atoms with van der Waals surface area (Å²) in [5, 5.41) is 16.9. The summed E-state index contributed by atoms with van der Waals surface area (Å²) in [6.45, 7) is 6.15. The van der Waals surface area contributed by atoms with Gasteiger partial charge in [-0.05, 0) is 88.6 Å². The van der Waals surface area contributed by atoms with Gasteiger partial charge in [-0.1, -0.05) is 0 Å². The first-order chi connectivity index (χ1) is 21.5. The van der Waals surface area contributed by atoms with Crippen molar-refractivity contribution in [1.82, 2.24) is 15.0 Å². The van der Waals surface area contributed by atoms with Gasteiger partial charge in [0.15, 0.2) is 5.75 Å². The molecule has 0 fully saturated rings. The Morgan fingerprint density at radius 3 is 2.50 bits per heavy atom. The predicted molar refractivity (Wildman–Crippen MR) is 166 cm³/mol. The third kappa shape index (κ3) is 6.29. The van der Waals surface area contributed by atoms with Crippen molar-refractivity contribution in [3.63, 3.8) is 0 Å². The van der Waals surface area contributed by atoms with Crippen LogP contribution in [0.15, 0.2) is 42.5 Å². The second-order valence-electron chi connectivity index (χ2n) is 12.6. The topological polar surface area (TPSA) is 122 Å². The van der Waals surface area contributed by atoms with Gasteiger partial charge in [0, 0.05) is 23.2 Å². The number of benzene rings is 2. The maximum atomic E-state index is 14.9. The van der Waals surface area contributed by atoms with Gasteiger partial charge in [-0.25, -0.2) is 18.3 Å². The number of aryl methyl sites for hydroxylation is 1. The maximum Gasteiger partial charge on any atom is 0.424 e. The van der Waals surface area contributed by atoms with Crippen LogP contribution in [0.25, 0.3) is 11.3 Å². The molecule has 0 spiro atoms. The Labute approximate surface area is 266 Å². The van der Waals surface area contributed by atoms with Crippen LogP contribution in [0.1, 0.15) is 61.3 Å². The number of alkyl halides is 3. The Balaban J connectivity index is 1.58. The van der Waals surface area contributed by atoms with Crippen LogP contribution in [0, 0.1) is 5.82 Å². The summed E-state index contributed by atoms with van der Waals surface area (Å²) in [7, 11) is -0.236. The lowest BCUT2D eigenvalue weighted by atomic mass is 9.89. The SMILES string of the molecule is COc1cc(C(=O)NCC(O)(c2cc3c(c(-c4ccc(F)cc4)n2)OC[C@@]3(C)NS(=O)C(C)(C)C)C(F)(F)F)cc2c1NCCC2. The van der Waals surface area contributed by atoms with Crippen molar-refractivity contribution in [2.75, 3.05) is 32.1 Å². The number of ether oxygens (including phenoxy) is 2. The molecule has 1 amide bonds. The Kier molecular flexibility index (Phi) is 8.86. The van der Waals surface area contributed by atoms with Gasteiger partial charge in [-0.2, -0.15) is 13.2 Å². The fourth-order valence-corrected chi connectivity index (χ4v) is 6.23. The molecule has 1 aromatic heterocycles. The number of methoxy groups -OCH3 is 1. The quantitative estimate of drug-likeness (QED) is 0.248. The third-order valence-electron chi connectivity index (χ3n) is 8.05.